The summed E-state index contributed by atoms with van der Waals surface area (Å²) in [5.74, 6) is -1.13. The van der Waals surface area contributed by atoms with Gasteiger partial charge in [0.05, 0.1) is 28.9 Å². The molecule has 2 aromatic rings. The highest BCUT2D eigenvalue weighted by atomic mass is 19.4. The molecule has 2 aliphatic rings. The lowest BCUT2D eigenvalue weighted by Crippen LogP contribution is -2.52. The molecule has 4 rings (SSSR count). The van der Waals surface area contributed by atoms with Gasteiger partial charge in [0.15, 0.2) is 5.78 Å². The zero-order chi connectivity index (χ0) is 23.9. The van der Waals surface area contributed by atoms with Gasteiger partial charge >= 0.3 is 12.2 Å². The van der Waals surface area contributed by atoms with Gasteiger partial charge in [-0.2, -0.15) is 18.4 Å². The topological polar surface area (TPSA) is 108 Å². The largest absolute Gasteiger partial charge is 0.416 e. The van der Waals surface area contributed by atoms with Crippen LogP contribution in [0.2, 0.25) is 0 Å². The van der Waals surface area contributed by atoms with Crippen LogP contribution in [0.25, 0.3) is 0 Å². The summed E-state index contributed by atoms with van der Waals surface area (Å²) >= 11 is 0. The molecule has 0 saturated heterocycles. The number of primary amides is 1. The van der Waals surface area contributed by atoms with Crippen molar-refractivity contribution in [1.82, 2.24) is 4.90 Å². The molecule has 168 valence electrons. The number of anilines is 1. The lowest BCUT2D eigenvalue weighted by molar-refractivity contribution is -0.137. The number of carbonyl (C=O) groups excluding carboxylic acids is 3. The predicted octanol–water partition coefficient (Wildman–Crippen LogP) is 3.66. The number of nitrogens with zero attached hydrogens (tertiary/aromatic N) is 3. The molecular weight excluding hydrogens is 437 g/mol. The van der Waals surface area contributed by atoms with Gasteiger partial charge in [-0.25, -0.2) is 4.79 Å². The second-order valence-corrected chi connectivity index (χ2v) is 7.68. The third-order valence-electron chi connectivity index (χ3n) is 5.61. The standard InChI is InChI=1S/C23H17F3N4O3/c24-23(25,26)15-2-1-3-16(10-15)30-17-8-9-18(31)20(17)21(29(22(30)33)12-19(28)32)14-6-4-13(11-27)5-7-14/h1-7,10,21H,8-9,12H2,(H2,28,32). The molecule has 1 heterocycles. The molecule has 1 unspecified atom stereocenters. The first-order valence-corrected chi connectivity index (χ1v) is 9.94. The first-order valence-electron chi connectivity index (χ1n) is 9.94. The summed E-state index contributed by atoms with van der Waals surface area (Å²) in [5, 5.41) is 9.06. The third-order valence-corrected chi connectivity index (χ3v) is 5.61. The SMILES string of the molecule is N#Cc1ccc(C2C3=C(CCC3=O)N(c3cccc(C(F)(F)F)c3)C(=O)N2CC(N)=O)cc1. The normalized spacial score (nSPS) is 18.4. The van der Waals surface area contributed by atoms with E-state index in [1.165, 1.54) is 24.3 Å². The van der Waals surface area contributed by atoms with Gasteiger partial charge in [0.1, 0.15) is 6.54 Å². The molecule has 3 amide bonds. The number of rotatable bonds is 4. The molecule has 33 heavy (non-hydrogen) atoms. The molecule has 10 heteroatoms. The average Bonchev–Trinajstić information content (AvgIpc) is 3.14. The molecule has 1 aliphatic carbocycles. The number of Topliss-reactive ketones (excluding diaryl/α,β-unsaturated/α-hetero) is 1. The van der Waals surface area contributed by atoms with Crippen molar-refractivity contribution in [3.05, 3.63) is 76.5 Å². The van der Waals surface area contributed by atoms with Crippen LogP contribution in [0.1, 0.15) is 35.6 Å². The van der Waals surface area contributed by atoms with E-state index in [4.69, 9.17) is 11.0 Å². The zero-order valence-electron chi connectivity index (χ0n) is 17.1. The Morgan fingerprint density at radius 2 is 1.82 bits per heavy atom. The maximum Gasteiger partial charge on any atom is 0.416 e. The number of carbonyl (C=O) groups is 3. The van der Waals surface area contributed by atoms with E-state index in [9.17, 15) is 27.6 Å². The van der Waals surface area contributed by atoms with E-state index in [1.807, 2.05) is 6.07 Å². The van der Waals surface area contributed by atoms with Gasteiger partial charge in [-0.15, -0.1) is 0 Å². The Balaban J connectivity index is 1.91. The summed E-state index contributed by atoms with van der Waals surface area (Å²) in [6, 6.07) is 10.6. The minimum atomic E-state index is -4.63. The quantitative estimate of drug-likeness (QED) is 0.761. The van der Waals surface area contributed by atoms with Gasteiger partial charge < -0.3 is 10.6 Å². The number of alkyl halides is 3. The Morgan fingerprint density at radius 3 is 2.42 bits per heavy atom. The first kappa shape index (κ1) is 22.1. The highest BCUT2D eigenvalue weighted by Crippen LogP contribution is 2.45. The monoisotopic (exact) mass is 454 g/mol. The fourth-order valence-corrected chi connectivity index (χ4v) is 4.22. The fraction of sp³-hybridized carbons (Fsp3) is 0.217. The van der Waals surface area contributed by atoms with Crippen molar-refractivity contribution in [2.75, 3.05) is 11.4 Å². The second kappa shape index (κ2) is 8.09. The molecule has 2 aromatic carbocycles. The van der Waals surface area contributed by atoms with Gasteiger partial charge in [-0.05, 0) is 42.3 Å². The first-order chi connectivity index (χ1) is 15.6. The lowest BCUT2D eigenvalue weighted by atomic mass is 9.92. The highest BCUT2D eigenvalue weighted by molar-refractivity contribution is 6.08. The number of urea groups is 1. The van der Waals surface area contributed by atoms with Crippen molar-refractivity contribution in [1.29, 1.82) is 5.26 Å². The molecule has 1 aliphatic heterocycles. The lowest BCUT2D eigenvalue weighted by Gasteiger charge is -2.41. The number of ketones is 1. The smallest absolute Gasteiger partial charge is 0.368 e. The van der Waals surface area contributed by atoms with Crippen molar-refractivity contribution < 1.29 is 27.6 Å². The molecule has 0 saturated carbocycles. The van der Waals surface area contributed by atoms with Crippen LogP contribution in [0.4, 0.5) is 23.7 Å². The number of allylic oxidation sites excluding steroid dienone is 1. The van der Waals surface area contributed by atoms with E-state index >= 15 is 0 Å². The van der Waals surface area contributed by atoms with Gasteiger partial charge in [-0.1, -0.05) is 18.2 Å². The van der Waals surface area contributed by atoms with Crippen LogP contribution in [0.5, 0.6) is 0 Å². The summed E-state index contributed by atoms with van der Waals surface area (Å²) in [4.78, 5) is 40.4. The Morgan fingerprint density at radius 1 is 1.12 bits per heavy atom. The Hall–Kier alpha value is -4.13. The van der Waals surface area contributed by atoms with E-state index in [2.05, 4.69) is 0 Å². The molecule has 2 N–H and O–H groups in total. The molecule has 0 bridgehead atoms. The maximum absolute atomic E-state index is 13.5. The van der Waals surface area contributed by atoms with Crippen LogP contribution in [0, 0.1) is 11.3 Å². The summed E-state index contributed by atoms with van der Waals surface area (Å²) in [7, 11) is 0. The maximum atomic E-state index is 13.5. The average molecular weight is 454 g/mol. The summed E-state index contributed by atoms with van der Waals surface area (Å²) in [6.07, 6.45) is -4.40. The number of nitrogens with two attached hydrogens (primary N) is 1. The summed E-state index contributed by atoms with van der Waals surface area (Å²) < 4.78 is 39.9. The molecule has 1 atom stereocenters. The number of benzene rings is 2. The van der Waals surface area contributed by atoms with Gasteiger partial charge in [0.2, 0.25) is 5.91 Å². The third kappa shape index (κ3) is 3.93. The fourth-order valence-electron chi connectivity index (χ4n) is 4.22. The molecule has 0 spiro atoms. The van der Waals surface area contributed by atoms with Gasteiger partial charge in [-0.3, -0.25) is 14.5 Å². The number of halogens is 3. The van der Waals surface area contributed by atoms with Crippen LogP contribution >= 0.6 is 0 Å². The van der Waals surface area contributed by atoms with Crippen molar-refractivity contribution in [3.63, 3.8) is 0 Å². The van der Waals surface area contributed by atoms with E-state index in [1.54, 1.807) is 12.1 Å². The second-order valence-electron chi connectivity index (χ2n) is 7.68. The summed E-state index contributed by atoms with van der Waals surface area (Å²) in [5.41, 5.74) is 5.70. The number of hydrogen-bond donors (Lipinski definition) is 1. The Kier molecular flexibility index (Phi) is 5.41. The van der Waals surface area contributed by atoms with Crippen molar-refractivity contribution >= 4 is 23.4 Å². The zero-order valence-corrected chi connectivity index (χ0v) is 17.1. The van der Waals surface area contributed by atoms with Crippen LogP contribution < -0.4 is 10.6 Å². The van der Waals surface area contributed by atoms with Crippen LogP contribution in [0.15, 0.2) is 59.8 Å². The number of hydrogen-bond acceptors (Lipinski definition) is 4. The predicted molar refractivity (Wildman–Crippen MR) is 110 cm³/mol. The molecule has 0 fully saturated rings. The number of nitriles is 1. The Labute approximate surface area is 186 Å². The van der Waals surface area contributed by atoms with Crippen LogP contribution in [0.3, 0.4) is 0 Å². The van der Waals surface area contributed by atoms with Gasteiger partial charge in [0, 0.05) is 17.7 Å². The van der Waals surface area contributed by atoms with Crippen LogP contribution in [-0.2, 0) is 15.8 Å². The highest BCUT2D eigenvalue weighted by Gasteiger charge is 2.46. The van der Waals surface area contributed by atoms with Crippen molar-refractivity contribution in [3.8, 4) is 6.07 Å². The van der Waals surface area contributed by atoms with Gasteiger partial charge in [0.25, 0.3) is 0 Å². The van der Waals surface area contributed by atoms with E-state index in [-0.39, 0.29) is 29.9 Å². The van der Waals surface area contributed by atoms with Crippen LogP contribution in [-0.4, -0.2) is 29.2 Å². The Bertz CT molecular complexity index is 1230. The van der Waals surface area contributed by atoms with E-state index < -0.39 is 36.3 Å². The molecule has 0 radical (unpaired) electrons. The number of amides is 3. The summed E-state index contributed by atoms with van der Waals surface area (Å²) in [6.45, 7) is -0.553. The minimum Gasteiger partial charge on any atom is -0.368 e. The van der Waals surface area contributed by atoms with E-state index in [0.717, 1.165) is 21.9 Å². The van der Waals surface area contributed by atoms with Crippen molar-refractivity contribution in [2.24, 2.45) is 5.73 Å². The van der Waals surface area contributed by atoms with E-state index in [0.29, 0.717) is 16.8 Å². The molecule has 7 nitrogen and oxygen atoms in total. The molecule has 0 aromatic heterocycles. The van der Waals surface area contributed by atoms with Crippen molar-refractivity contribution in [2.45, 2.75) is 25.1 Å². The molecular formula is C23H17F3N4O3. The minimum absolute atomic E-state index is 0.0650.